The van der Waals surface area contributed by atoms with Gasteiger partial charge in [0, 0.05) is 17.7 Å². The Hall–Kier alpha value is -1.47. The first-order valence-corrected chi connectivity index (χ1v) is 5.54. The van der Waals surface area contributed by atoms with Gasteiger partial charge in [0.2, 0.25) is 0 Å². The molecule has 0 aliphatic carbocycles. The molecule has 0 spiro atoms. The average molecular weight is 279 g/mol. The molecule has 0 aliphatic heterocycles. The van der Waals surface area contributed by atoms with Crippen LogP contribution in [0.3, 0.4) is 0 Å². The minimum Gasteiger partial charge on any atom is -0.497 e. The lowest BCUT2D eigenvalue weighted by molar-refractivity contribution is -0.186. The zero-order chi connectivity index (χ0) is 14.5. The molecule has 0 saturated heterocycles. The van der Waals surface area contributed by atoms with Crippen LogP contribution in [0.25, 0.3) is 0 Å². The Morgan fingerprint density at radius 1 is 1.32 bits per heavy atom. The predicted octanol–water partition coefficient (Wildman–Crippen LogP) is 2.63. The van der Waals surface area contributed by atoms with E-state index in [0.29, 0.717) is 17.1 Å². The van der Waals surface area contributed by atoms with E-state index in [9.17, 15) is 13.2 Å². The Morgan fingerprint density at radius 2 is 2.00 bits per heavy atom. The smallest absolute Gasteiger partial charge is 0.411 e. The van der Waals surface area contributed by atoms with Crippen LogP contribution in [0.4, 0.5) is 13.2 Å². The first kappa shape index (κ1) is 15.6. The number of methoxy groups -OCH3 is 1. The third-order valence-corrected chi connectivity index (χ3v) is 2.27. The van der Waals surface area contributed by atoms with Crippen molar-refractivity contribution in [3.8, 4) is 11.5 Å². The first-order valence-electron chi connectivity index (χ1n) is 5.54. The van der Waals surface area contributed by atoms with Crippen LogP contribution in [0.2, 0.25) is 0 Å². The number of rotatable bonds is 6. The van der Waals surface area contributed by atoms with E-state index in [1.807, 2.05) is 0 Å². The van der Waals surface area contributed by atoms with Crippen molar-refractivity contribution in [2.24, 2.45) is 5.73 Å². The Morgan fingerprint density at radius 3 is 2.53 bits per heavy atom. The first-order chi connectivity index (χ1) is 8.83. The van der Waals surface area contributed by atoms with Crippen LogP contribution in [-0.4, -0.2) is 26.7 Å². The van der Waals surface area contributed by atoms with Gasteiger partial charge in [-0.05, 0) is 13.0 Å². The lowest BCUT2D eigenvalue weighted by Crippen LogP contribution is -2.19. The van der Waals surface area contributed by atoms with Crippen molar-refractivity contribution in [1.82, 2.24) is 0 Å². The van der Waals surface area contributed by atoms with Gasteiger partial charge in [-0.2, -0.15) is 13.2 Å². The summed E-state index contributed by atoms with van der Waals surface area (Å²) in [4.78, 5) is 0. The third-order valence-electron chi connectivity index (χ3n) is 2.27. The van der Waals surface area contributed by atoms with Crippen molar-refractivity contribution in [3.63, 3.8) is 0 Å². The van der Waals surface area contributed by atoms with Crippen molar-refractivity contribution in [1.29, 1.82) is 0 Å². The number of halogens is 3. The molecule has 1 aromatic carbocycles. The minimum absolute atomic E-state index is 0.316. The largest absolute Gasteiger partial charge is 0.497 e. The molecule has 1 aromatic rings. The van der Waals surface area contributed by atoms with E-state index < -0.39 is 19.6 Å². The summed E-state index contributed by atoms with van der Waals surface area (Å²) in [6.07, 6.45) is -4.37. The fourth-order valence-electron chi connectivity index (χ4n) is 1.41. The van der Waals surface area contributed by atoms with Crippen LogP contribution in [-0.2, 0) is 4.74 Å². The van der Waals surface area contributed by atoms with E-state index >= 15 is 0 Å². The van der Waals surface area contributed by atoms with Gasteiger partial charge in [-0.3, -0.25) is 0 Å². The molecule has 0 bridgehead atoms. The quantitative estimate of drug-likeness (QED) is 0.642. The maximum atomic E-state index is 11.9. The van der Waals surface area contributed by atoms with E-state index in [1.165, 1.54) is 7.11 Å². The molecule has 0 aliphatic rings. The van der Waals surface area contributed by atoms with Gasteiger partial charge in [0.15, 0.2) is 6.79 Å². The lowest BCUT2D eigenvalue weighted by Gasteiger charge is -2.15. The topological polar surface area (TPSA) is 53.7 Å². The van der Waals surface area contributed by atoms with Gasteiger partial charge in [-0.15, -0.1) is 0 Å². The van der Waals surface area contributed by atoms with E-state index in [-0.39, 0.29) is 6.04 Å². The van der Waals surface area contributed by atoms with Crippen molar-refractivity contribution in [3.05, 3.63) is 23.8 Å². The fourth-order valence-corrected chi connectivity index (χ4v) is 1.41. The van der Waals surface area contributed by atoms with Gasteiger partial charge < -0.3 is 19.9 Å². The van der Waals surface area contributed by atoms with Gasteiger partial charge >= 0.3 is 6.18 Å². The summed E-state index contributed by atoms with van der Waals surface area (Å²) in [6, 6.07) is 4.63. The minimum atomic E-state index is -4.37. The molecule has 0 saturated carbocycles. The molecule has 0 radical (unpaired) electrons. The molecule has 19 heavy (non-hydrogen) atoms. The molecule has 0 fully saturated rings. The van der Waals surface area contributed by atoms with Crippen LogP contribution in [0.1, 0.15) is 18.5 Å². The summed E-state index contributed by atoms with van der Waals surface area (Å²) < 4.78 is 50.2. The van der Waals surface area contributed by atoms with Crippen molar-refractivity contribution in [2.75, 3.05) is 20.5 Å². The third kappa shape index (κ3) is 5.35. The van der Waals surface area contributed by atoms with Crippen molar-refractivity contribution < 1.29 is 27.4 Å². The average Bonchev–Trinajstić information content (AvgIpc) is 2.33. The number of ether oxygens (including phenoxy) is 3. The van der Waals surface area contributed by atoms with E-state index in [1.54, 1.807) is 25.1 Å². The summed E-state index contributed by atoms with van der Waals surface area (Å²) >= 11 is 0. The number of benzene rings is 1. The molecule has 7 heteroatoms. The SMILES string of the molecule is COc1ccc([C@H](C)N)c(OCOCC(F)(F)F)c1. The molecule has 108 valence electrons. The Bertz CT molecular complexity index is 408. The summed E-state index contributed by atoms with van der Waals surface area (Å²) in [5.74, 6) is 0.867. The van der Waals surface area contributed by atoms with E-state index in [4.69, 9.17) is 15.2 Å². The standard InChI is InChI=1S/C12H16F3NO3/c1-8(16)10-4-3-9(17-2)5-11(10)19-7-18-6-12(13,14)15/h3-5,8H,6-7,16H2,1-2H3/t8-/m0/s1. The molecule has 1 rings (SSSR count). The molecular weight excluding hydrogens is 263 g/mol. The Balaban J connectivity index is 2.65. The monoisotopic (exact) mass is 279 g/mol. The summed E-state index contributed by atoms with van der Waals surface area (Å²) in [5.41, 5.74) is 6.40. The Kier molecular flexibility index (Phi) is 5.44. The number of nitrogens with two attached hydrogens (primary N) is 1. The maximum Gasteiger partial charge on any atom is 0.411 e. The molecule has 0 amide bonds. The molecule has 0 aromatic heterocycles. The summed E-state index contributed by atoms with van der Waals surface area (Å²) in [6.45, 7) is -0.123. The van der Waals surface area contributed by atoms with Crippen molar-refractivity contribution >= 4 is 0 Å². The summed E-state index contributed by atoms with van der Waals surface area (Å²) in [7, 11) is 1.48. The number of hydrogen-bond donors (Lipinski definition) is 1. The van der Waals surface area contributed by atoms with E-state index in [2.05, 4.69) is 4.74 Å². The molecule has 2 N–H and O–H groups in total. The van der Waals surface area contributed by atoms with E-state index in [0.717, 1.165) is 0 Å². The van der Waals surface area contributed by atoms with Crippen LogP contribution < -0.4 is 15.2 Å². The van der Waals surface area contributed by atoms with Gasteiger partial charge in [0.25, 0.3) is 0 Å². The zero-order valence-corrected chi connectivity index (χ0v) is 10.7. The molecule has 0 unspecified atom stereocenters. The number of hydrogen-bond acceptors (Lipinski definition) is 4. The highest BCUT2D eigenvalue weighted by molar-refractivity contribution is 5.42. The van der Waals surface area contributed by atoms with Crippen molar-refractivity contribution in [2.45, 2.75) is 19.1 Å². The molecule has 0 heterocycles. The second-order valence-electron chi connectivity index (χ2n) is 3.92. The fraction of sp³-hybridized carbons (Fsp3) is 0.500. The molecule has 4 nitrogen and oxygen atoms in total. The van der Waals surface area contributed by atoms with Gasteiger partial charge in [0.1, 0.15) is 18.1 Å². The van der Waals surface area contributed by atoms with Crippen LogP contribution in [0.15, 0.2) is 18.2 Å². The second-order valence-corrected chi connectivity index (χ2v) is 3.92. The predicted molar refractivity (Wildman–Crippen MR) is 63.1 cm³/mol. The van der Waals surface area contributed by atoms with Crippen LogP contribution in [0, 0.1) is 0 Å². The maximum absolute atomic E-state index is 11.9. The van der Waals surface area contributed by atoms with Gasteiger partial charge in [-0.1, -0.05) is 6.07 Å². The molecule has 1 atom stereocenters. The van der Waals surface area contributed by atoms with Gasteiger partial charge in [-0.25, -0.2) is 0 Å². The number of alkyl halides is 3. The highest BCUT2D eigenvalue weighted by Crippen LogP contribution is 2.28. The zero-order valence-electron chi connectivity index (χ0n) is 10.7. The highest BCUT2D eigenvalue weighted by atomic mass is 19.4. The normalized spacial score (nSPS) is 13.2. The van der Waals surface area contributed by atoms with Crippen LogP contribution >= 0.6 is 0 Å². The lowest BCUT2D eigenvalue weighted by atomic mass is 10.1. The van der Waals surface area contributed by atoms with Gasteiger partial charge in [0.05, 0.1) is 7.11 Å². The second kappa shape index (κ2) is 6.63. The Labute approximate surface area is 109 Å². The highest BCUT2D eigenvalue weighted by Gasteiger charge is 2.27. The summed E-state index contributed by atoms with van der Waals surface area (Å²) in [5, 5.41) is 0. The molecular formula is C12H16F3NO3. The van der Waals surface area contributed by atoms with Crippen LogP contribution in [0.5, 0.6) is 11.5 Å².